The standard InChI is InChI=1S/C15H25NO4/c1-11(2)20-14(18)15(8-4-3-5-9-15)16-13(17)12-7-6-10-19-12/h11-12H,3-10H2,1-2H3,(H,16,17)/t12-/m0/s1. The van der Waals surface area contributed by atoms with E-state index in [9.17, 15) is 9.59 Å². The van der Waals surface area contributed by atoms with Crippen molar-refractivity contribution in [3.05, 3.63) is 0 Å². The summed E-state index contributed by atoms with van der Waals surface area (Å²) in [4.78, 5) is 24.7. The van der Waals surface area contributed by atoms with Gasteiger partial charge in [-0.1, -0.05) is 19.3 Å². The summed E-state index contributed by atoms with van der Waals surface area (Å²) in [7, 11) is 0. The maximum atomic E-state index is 12.4. The quantitative estimate of drug-likeness (QED) is 0.801. The van der Waals surface area contributed by atoms with Crippen LogP contribution in [-0.2, 0) is 19.1 Å². The lowest BCUT2D eigenvalue weighted by Gasteiger charge is -2.36. The molecule has 1 aliphatic heterocycles. The lowest BCUT2D eigenvalue weighted by molar-refractivity contribution is -0.160. The first-order valence-electron chi connectivity index (χ1n) is 7.68. The Labute approximate surface area is 120 Å². The van der Waals surface area contributed by atoms with Crippen LogP contribution < -0.4 is 5.32 Å². The summed E-state index contributed by atoms with van der Waals surface area (Å²) in [5.74, 6) is -0.455. The Hall–Kier alpha value is -1.10. The van der Waals surface area contributed by atoms with E-state index in [1.54, 1.807) is 0 Å². The van der Waals surface area contributed by atoms with E-state index < -0.39 is 11.6 Å². The molecule has 1 atom stereocenters. The zero-order valence-corrected chi connectivity index (χ0v) is 12.4. The van der Waals surface area contributed by atoms with E-state index in [0.717, 1.165) is 32.1 Å². The van der Waals surface area contributed by atoms with Crippen LogP contribution in [0.15, 0.2) is 0 Å². The summed E-state index contributed by atoms with van der Waals surface area (Å²) in [5.41, 5.74) is -0.842. The zero-order valence-electron chi connectivity index (χ0n) is 12.4. The van der Waals surface area contributed by atoms with Crippen LogP contribution in [0.1, 0.15) is 58.8 Å². The van der Waals surface area contributed by atoms with Crippen LogP contribution in [0.25, 0.3) is 0 Å². The largest absolute Gasteiger partial charge is 0.461 e. The molecule has 0 aromatic rings. The maximum absolute atomic E-state index is 12.4. The second-order valence-electron chi connectivity index (χ2n) is 6.09. The average Bonchev–Trinajstić information content (AvgIpc) is 2.93. The topological polar surface area (TPSA) is 64.6 Å². The molecule has 0 bridgehead atoms. The van der Waals surface area contributed by atoms with Crippen molar-refractivity contribution in [3.63, 3.8) is 0 Å². The Morgan fingerprint density at radius 3 is 2.45 bits per heavy atom. The van der Waals surface area contributed by atoms with Crippen molar-refractivity contribution in [1.82, 2.24) is 5.32 Å². The van der Waals surface area contributed by atoms with Gasteiger partial charge in [-0.25, -0.2) is 4.79 Å². The van der Waals surface area contributed by atoms with Crippen molar-refractivity contribution in [2.75, 3.05) is 6.61 Å². The van der Waals surface area contributed by atoms with E-state index in [4.69, 9.17) is 9.47 Å². The van der Waals surface area contributed by atoms with Crippen molar-refractivity contribution in [3.8, 4) is 0 Å². The summed E-state index contributed by atoms with van der Waals surface area (Å²) in [5, 5.41) is 2.94. The van der Waals surface area contributed by atoms with Crippen LogP contribution in [0.4, 0.5) is 0 Å². The summed E-state index contributed by atoms with van der Waals surface area (Å²) >= 11 is 0. The molecule has 0 aromatic heterocycles. The third kappa shape index (κ3) is 3.51. The van der Waals surface area contributed by atoms with E-state index >= 15 is 0 Å². The summed E-state index contributed by atoms with van der Waals surface area (Å²) in [6.45, 7) is 4.29. The predicted octanol–water partition coefficient (Wildman–Crippen LogP) is 1.94. The van der Waals surface area contributed by atoms with Crippen LogP contribution in [0.2, 0.25) is 0 Å². The second-order valence-corrected chi connectivity index (χ2v) is 6.09. The van der Waals surface area contributed by atoms with Gasteiger partial charge in [0.15, 0.2) is 0 Å². The van der Waals surface area contributed by atoms with E-state index in [-0.39, 0.29) is 18.0 Å². The van der Waals surface area contributed by atoms with Crippen LogP contribution in [0.3, 0.4) is 0 Å². The van der Waals surface area contributed by atoms with Crippen molar-refractivity contribution in [2.45, 2.75) is 76.5 Å². The van der Waals surface area contributed by atoms with Gasteiger partial charge >= 0.3 is 5.97 Å². The third-order valence-corrected chi connectivity index (χ3v) is 4.03. The fraction of sp³-hybridized carbons (Fsp3) is 0.867. The number of ether oxygens (including phenoxy) is 2. The average molecular weight is 283 g/mol. The Balaban J connectivity index is 2.05. The number of esters is 1. The van der Waals surface area contributed by atoms with E-state index in [0.29, 0.717) is 19.4 Å². The zero-order chi connectivity index (χ0) is 14.6. The molecule has 1 N–H and O–H groups in total. The first kappa shape index (κ1) is 15.3. The first-order chi connectivity index (χ1) is 9.53. The fourth-order valence-electron chi connectivity index (χ4n) is 2.96. The molecule has 1 aliphatic carbocycles. The SMILES string of the molecule is CC(C)OC(=O)C1(NC(=O)[C@@H]2CCCO2)CCCCC1. The maximum Gasteiger partial charge on any atom is 0.332 e. The normalized spacial score (nSPS) is 25.4. The minimum absolute atomic E-state index is 0.162. The number of hydrogen-bond acceptors (Lipinski definition) is 4. The molecule has 2 aliphatic rings. The van der Waals surface area contributed by atoms with Gasteiger partial charge < -0.3 is 14.8 Å². The molecular formula is C15H25NO4. The van der Waals surface area contributed by atoms with E-state index in [2.05, 4.69) is 5.32 Å². The van der Waals surface area contributed by atoms with Gasteiger partial charge in [0.05, 0.1) is 6.10 Å². The highest BCUT2D eigenvalue weighted by Gasteiger charge is 2.44. The molecule has 2 fully saturated rings. The number of nitrogens with one attached hydrogen (secondary N) is 1. The molecule has 1 saturated heterocycles. The second kappa shape index (κ2) is 6.57. The van der Waals surface area contributed by atoms with Gasteiger partial charge in [-0.15, -0.1) is 0 Å². The van der Waals surface area contributed by atoms with Crippen LogP contribution in [0, 0.1) is 0 Å². The van der Waals surface area contributed by atoms with Crippen LogP contribution in [-0.4, -0.2) is 36.2 Å². The Morgan fingerprint density at radius 1 is 1.20 bits per heavy atom. The molecule has 0 unspecified atom stereocenters. The highest BCUT2D eigenvalue weighted by atomic mass is 16.5. The molecule has 2 rings (SSSR count). The van der Waals surface area contributed by atoms with Crippen molar-refractivity contribution < 1.29 is 19.1 Å². The molecule has 0 aromatic carbocycles. The first-order valence-corrected chi connectivity index (χ1v) is 7.68. The Kier molecular flexibility index (Phi) is 5.02. The Bertz CT molecular complexity index is 355. The lowest BCUT2D eigenvalue weighted by atomic mass is 9.81. The lowest BCUT2D eigenvalue weighted by Crippen LogP contribution is -2.58. The van der Waals surface area contributed by atoms with Gasteiger partial charge in [0.25, 0.3) is 0 Å². The molecule has 0 radical (unpaired) electrons. The van der Waals surface area contributed by atoms with Gasteiger partial charge in [0, 0.05) is 6.61 Å². The molecule has 5 heteroatoms. The van der Waals surface area contributed by atoms with Crippen molar-refractivity contribution in [2.24, 2.45) is 0 Å². The predicted molar refractivity (Wildman–Crippen MR) is 74.2 cm³/mol. The molecule has 5 nitrogen and oxygen atoms in total. The number of rotatable bonds is 4. The monoisotopic (exact) mass is 283 g/mol. The van der Waals surface area contributed by atoms with Gasteiger partial charge in [0.1, 0.15) is 11.6 Å². The molecule has 1 amide bonds. The van der Waals surface area contributed by atoms with Gasteiger partial charge in [-0.05, 0) is 39.5 Å². The van der Waals surface area contributed by atoms with E-state index in [1.807, 2.05) is 13.8 Å². The summed E-state index contributed by atoms with van der Waals surface area (Å²) in [6, 6.07) is 0. The van der Waals surface area contributed by atoms with Gasteiger partial charge in [-0.3, -0.25) is 4.79 Å². The Morgan fingerprint density at radius 2 is 1.90 bits per heavy atom. The minimum Gasteiger partial charge on any atom is -0.461 e. The van der Waals surface area contributed by atoms with Crippen molar-refractivity contribution in [1.29, 1.82) is 0 Å². The smallest absolute Gasteiger partial charge is 0.332 e. The molecule has 0 spiro atoms. The third-order valence-electron chi connectivity index (χ3n) is 4.03. The van der Waals surface area contributed by atoms with Gasteiger partial charge in [-0.2, -0.15) is 0 Å². The minimum atomic E-state index is -0.842. The molecule has 1 heterocycles. The summed E-state index contributed by atoms with van der Waals surface area (Å²) < 4.78 is 10.8. The number of carbonyl (C=O) groups excluding carboxylic acids is 2. The molecular weight excluding hydrogens is 258 g/mol. The number of hydrogen-bond donors (Lipinski definition) is 1. The van der Waals surface area contributed by atoms with E-state index in [1.165, 1.54) is 0 Å². The number of amides is 1. The fourth-order valence-corrected chi connectivity index (χ4v) is 2.96. The summed E-state index contributed by atoms with van der Waals surface area (Å²) in [6.07, 6.45) is 5.39. The molecule has 1 saturated carbocycles. The highest BCUT2D eigenvalue weighted by molar-refractivity contribution is 5.90. The van der Waals surface area contributed by atoms with Crippen LogP contribution in [0.5, 0.6) is 0 Å². The van der Waals surface area contributed by atoms with Gasteiger partial charge in [0.2, 0.25) is 5.91 Å². The molecule has 20 heavy (non-hydrogen) atoms. The number of carbonyl (C=O) groups is 2. The highest BCUT2D eigenvalue weighted by Crippen LogP contribution is 2.30. The van der Waals surface area contributed by atoms with Crippen molar-refractivity contribution >= 4 is 11.9 Å². The van der Waals surface area contributed by atoms with Crippen LogP contribution >= 0.6 is 0 Å². The molecule has 114 valence electrons.